The monoisotopic (exact) mass is 277 g/mol. The van der Waals surface area contributed by atoms with E-state index < -0.39 is 35.3 Å². The topological polar surface area (TPSA) is 37.4 Å². The van der Waals surface area contributed by atoms with Crippen molar-refractivity contribution in [1.29, 1.82) is 0 Å². The molecule has 2 aliphatic rings. The van der Waals surface area contributed by atoms with Gasteiger partial charge in [0.15, 0.2) is 0 Å². The third-order valence-electron chi connectivity index (χ3n) is 3.97. The van der Waals surface area contributed by atoms with Gasteiger partial charge in [-0.25, -0.2) is 13.7 Å². The van der Waals surface area contributed by atoms with Crippen LogP contribution in [-0.2, 0) is 9.59 Å². The highest BCUT2D eigenvalue weighted by Gasteiger charge is 2.49. The number of anilines is 1. The highest BCUT2D eigenvalue weighted by molar-refractivity contribution is 6.22. The molecule has 1 aromatic carbocycles. The summed E-state index contributed by atoms with van der Waals surface area (Å²) in [6, 6.07) is 2.86. The first-order chi connectivity index (χ1) is 9.49. The van der Waals surface area contributed by atoms with Gasteiger partial charge in [-0.1, -0.05) is 11.6 Å². The molecule has 0 aromatic heterocycles. The van der Waals surface area contributed by atoms with Crippen LogP contribution in [0.5, 0.6) is 0 Å². The van der Waals surface area contributed by atoms with Gasteiger partial charge in [0.2, 0.25) is 11.8 Å². The van der Waals surface area contributed by atoms with Crippen molar-refractivity contribution in [2.75, 3.05) is 4.90 Å². The summed E-state index contributed by atoms with van der Waals surface area (Å²) >= 11 is 0. The Morgan fingerprint density at radius 1 is 1.15 bits per heavy atom. The Kier molecular flexibility index (Phi) is 2.92. The van der Waals surface area contributed by atoms with Gasteiger partial charge in [-0.15, -0.1) is 0 Å². The Morgan fingerprint density at radius 2 is 1.85 bits per heavy atom. The second kappa shape index (κ2) is 4.51. The quantitative estimate of drug-likeness (QED) is 0.584. The molecule has 1 heterocycles. The molecule has 3 rings (SSSR count). The van der Waals surface area contributed by atoms with Crippen molar-refractivity contribution in [3.63, 3.8) is 0 Å². The molecule has 0 saturated carbocycles. The number of allylic oxidation sites excluding steroid dienone is 2. The Balaban J connectivity index is 2.00. The maximum Gasteiger partial charge on any atom is 0.238 e. The van der Waals surface area contributed by atoms with Gasteiger partial charge in [0.1, 0.15) is 11.6 Å². The number of carbonyl (C=O) groups excluding carboxylic acids is 2. The van der Waals surface area contributed by atoms with Crippen LogP contribution in [0.15, 0.2) is 29.8 Å². The lowest BCUT2D eigenvalue weighted by Gasteiger charge is -2.18. The van der Waals surface area contributed by atoms with Gasteiger partial charge in [-0.2, -0.15) is 0 Å². The zero-order chi connectivity index (χ0) is 14.4. The smallest absolute Gasteiger partial charge is 0.238 e. The fourth-order valence-corrected chi connectivity index (χ4v) is 2.94. The SMILES string of the molecule is CC1=CC[C@@H]2C(=O)N(c3ccc(F)cc3F)C(=O)[C@@H]2C1. The third-order valence-corrected chi connectivity index (χ3v) is 3.97. The number of halogens is 2. The number of carbonyl (C=O) groups is 2. The molecule has 1 aliphatic carbocycles. The van der Waals surface area contributed by atoms with Crippen molar-refractivity contribution in [1.82, 2.24) is 0 Å². The number of imide groups is 1. The van der Waals surface area contributed by atoms with E-state index in [2.05, 4.69) is 0 Å². The van der Waals surface area contributed by atoms with E-state index in [9.17, 15) is 18.4 Å². The molecule has 5 heteroatoms. The lowest BCUT2D eigenvalue weighted by molar-refractivity contribution is -0.122. The van der Waals surface area contributed by atoms with Crippen LogP contribution < -0.4 is 4.90 Å². The molecule has 20 heavy (non-hydrogen) atoms. The number of fused-ring (bicyclic) bond motifs is 1. The molecule has 2 atom stereocenters. The molecular formula is C15H13F2NO2. The average molecular weight is 277 g/mol. The minimum absolute atomic E-state index is 0.159. The van der Waals surface area contributed by atoms with Crippen LogP contribution in [0.4, 0.5) is 14.5 Å². The van der Waals surface area contributed by atoms with Crippen LogP contribution in [0.3, 0.4) is 0 Å². The van der Waals surface area contributed by atoms with Crippen molar-refractivity contribution in [2.45, 2.75) is 19.8 Å². The summed E-state index contributed by atoms with van der Waals surface area (Å²) in [6.45, 7) is 1.91. The first-order valence-electron chi connectivity index (χ1n) is 6.47. The zero-order valence-electron chi connectivity index (χ0n) is 10.9. The van der Waals surface area contributed by atoms with E-state index in [0.717, 1.165) is 22.6 Å². The van der Waals surface area contributed by atoms with Crippen molar-refractivity contribution in [3.8, 4) is 0 Å². The maximum atomic E-state index is 13.8. The van der Waals surface area contributed by atoms with Gasteiger partial charge in [0.25, 0.3) is 0 Å². The normalized spacial score (nSPS) is 25.8. The van der Waals surface area contributed by atoms with Gasteiger partial charge in [0.05, 0.1) is 17.5 Å². The molecule has 0 N–H and O–H groups in total. The lowest BCUT2D eigenvalue weighted by Crippen LogP contribution is -2.31. The Bertz CT molecular complexity index is 639. The summed E-state index contributed by atoms with van der Waals surface area (Å²) in [5, 5.41) is 0. The van der Waals surface area contributed by atoms with Crippen molar-refractivity contribution in [2.24, 2.45) is 11.8 Å². The van der Waals surface area contributed by atoms with E-state index in [-0.39, 0.29) is 5.69 Å². The molecule has 0 unspecified atom stereocenters. The summed E-state index contributed by atoms with van der Waals surface area (Å²) in [6.07, 6.45) is 2.96. The van der Waals surface area contributed by atoms with Gasteiger partial charge in [-0.3, -0.25) is 9.59 Å². The Labute approximate surface area is 114 Å². The number of benzene rings is 1. The first kappa shape index (κ1) is 13.0. The van der Waals surface area contributed by atoms with Crippen LogP contribution in [0.1, 0.15) is 19.8 Å². The van der Waals surface area contributed by atoms with Crippen LogP contribution >= 0.6 is 0 Å². The second-order valence-corrected chi connectivity index (χ2v) is 5.31. The van der Waals surface area contributed by atoms with Crippen LogP contribution in [-0.4, -0.2) is 11.8 Å². The van der Waals surface area contributed by atoms with E-state index >= 15 is 0 Å². The van der Waals surface area contributed by atoms with E-state index in [4.69, 9.17) is 0 Å². The molecular weight excluding hydrogens is 264 g/mol. The number of rotatable bonds is 1. The molecule has 1 saturated heterocycles. The van der Waals surface area contributed by atoms with E-state index in [1.54, 1.807) is 0 Å². The highest BCUT2D eigenvalue weighted by Crippen LogP contribution is 2.40. The summed E-state index contributed by atoms with van der Waals surface area (Å²) in [5.74, 6) is -3.25. The first-order valence-corrected chi connectivity index (χ1v) is 6.47. The van der Waals surface area contributed by atoms with Crippen molar-refractivity contribution >= 4 is 17.5 Å². The minimum atomic E-state index is -0.893. The summed E-state index contributed by atoms with van der Waals surface area (Å²) in [7, 11) is 0. The number of hydrogen-bond acceptors (Lipinski definition) is 2. The third kappa shape index (κ3) is 1.85. The van der Waals surface area contributed by atoms with Gasteiger partial charge in [0, 0.05) is 6.07 Å². The summed E-state index contributed by atoms with van der Waals surface area (Å²) < 4.78 is 26.7. The van der Waals surface area contributed by atoms with Crippen molar-refractivity contribution in [3.05, 3.63) is 41.5 Å². The fourth-order valence-electron chi connectivity index (χ4n) is 2.94. The van der Waals surface area contributed by atoms with Gasteiger partial charge >= 0.3 is 0 Å². The van der Waals surface area contributed by atoms with E-state index in [0.29, 0.717) is 18.9 Å². The molecule has 1 aromatic rings. The second-order valence-electron chi connectivity index (χ2n) is 5.31. The fraction of sp³-hybridized carbons (Fsp3) is 0.333. The number of nitrogens with zero attached hydrogens (tertiary/aromatic N) is 1. The predicted molar refractivity (Wildman–Crippen MR) is 68.8 cm³/mol. The molecule has 0 bridgehead atoms. The number of hydrogen-bond donors (Lipinski definition) is 0. The molecule has 1 aliphatic heterocycles. The maximum absolute atomic E-state index is 13.8. The van der Waals surface area contributed by atoms with Crippen LogP contribution in [0.25, 0.3) is 0 Å². The standard InChI is InChI=1S/C15H13F2NO2/c1-8-2-4-10-11(6-8)15(20)18(14(10)19)13-5-3-9(16)7-12(13)17/h2-3,5,7,10-11H,4,6H2,1H3/t10-,11+/m0/s1. The van der Waals surface area contributed by atoms with E-state index in [1.165, 1.54) is 0 Å². The van der Waals surface area contributed by atoms with Gasteiger partial charge in [-0.05, 0) is 31.9 Å². The molecule has 1 fully saturated rings. The van der Waals surface area contributed by atoms with E-state index in [1.807, 2.05) is 13.0 Å². The predicted octanol–water partition coefficient (Wildman–Crippen LogP) is 2.81. The Morgan fingerprint density at radius 3 is 2.55 bits per heavy atom. The molecule has 104 valence electrons. The molecule has 2 amide bonds. The largest absolute Gasteiger partial charge is 0.274 e. The summed E-state index contributed by atoms with van der Waals surface area (Å²) in [5.41, 5.74) is 0.905. The molecule has 0 radical (unpaired) electrons. The van der Waals surface area contributed by atoms with Gasteiger partial charge < -0.3 is 0 Å². The zero-order valence-corrected chi connectivity index (χ0v) is 10.9. The average Bonchev–Trinajstić information content (AvgIpc) is 2.63. The molecule has 0 spiro atoms. The van der Waals surface area contributed by atoms with Crippen LogP contribution in [0, 0.1) is 23.5 Å². The lowest BCUT2D eigenvalue weighted by atomic mass is 9.82. The minimum Gasteiger partial charge on any atom is -0.274 e. The number of amides is 2. The molecule has 3 nitrogen and oxygen atoms in total. The van der Waals surface area contributed by atoms with Crippen LogP contribution in [0.2, 0.25) is 0 Å². The van der Waals surface area contributed by atoms with Crippen molar-refractivity contribution < 1.29 is 18.4 Å². The summed E-state index contributed by atoms with van der Waals surface area (Å²) in [4.78, 5) is 25.5. The highest BCUT2D eigenvalue weighted by atomic mass is 19.1. The Hall–Kier alpha value is -2.04.